The van der Waals surface area contributed by atoms with E-state index in [0.717, 1.165) is 28.2 Å². The minimum atomic E-state index is -4.61. The number of aliphatic hydroxyl groups is 1. The third-order valence-electron chi connectivity index (χ3n) is 5.93. The average molecular weight is 465 g/mol. The number of aliphatic hydroxyl groups excluding tert-OH is 1. The van der Waals surface area contributed by atoms with Crippen molar-refractivity contribution in [3.05, 3.63) is 112 Å². The summed E-state index contributed by atoms with van der Waals surface area (Å²) in [6.45, 7) is 1.78. The van der Waals surface area contributed by atoms with E-state index in [1.165, 1.54) is 12.1 Å². The molecule has 0 aromatic heterocycles. The van der Waals surface area contributed by atoms with Crippen molar-refractivity contribution in [3.8, 4) is 0 Å². The average Bonchev–Trinajstić information content (AvgIpc) is 3.08. The standard InChI is InChI=1S/C27H22F3NO3/c1-17-8-5-6-13-21(17)24-23(22(32)15-14-18-9-3-2-4-10-18)25(33)26(34)31(24)20-12-7-11-19(16-20)27(28,29)30/h2-13,16,24,33H,14-15H2,1H3. The number of halogens is 3. The summed E-state index contributed by atoms with van der Waals surface area (Å²) in [5.74, 6) is -2.07. The first-order valence-electron chi connectivity index (χ1n) is 10.7. The lowest BCUT2D eigenvalue weighted by atomic mass is 9.90. The van der Waals surface area contributed by atoms with Gasteiger partial charge in [0.05, 0.1) is 17.2 Å². The number of hydrogen-bond acceptors (Lipinski definition) is 3. The number of Topliss-reactive ketones (excluding diaryl/α,β-unsaturated/α-hetero) is 1. The van der Waals surface area contributed by atoms with Gasteiger partial charge in [0, 0.05) is 12.1 Å². The van der Waals surface area contributed by atoms with E-state index in [-0.39, 0.29) is 17.7 Å². The van der Waals surface area contributed by atoms with Crippen molar-refractivity contribution < 1.29 is 27.9 Å². The van der Waals surface area contributed by atoms with E-state index in [9.17, 15) is 27.9 Å². The minimum Gasteiger partial charge on any atom is -0.503 e. The molecule has 0 fully saturated rings. The molecule has 1 N–H and O–H groups in total. The fourth-order valence-corrected chi connectivity index (χ4v) is 4.21. The van der Waals surface area contributed by atoms with Crippen LogP contribution in [0.15, 0.2) is 90.2 Å². The molecular formula is C27H22F3NO3. The summed E-state index contributed by atoms with van der Waals surface area (Å²) < 4.78 is 40.1. The summed E-state index contributed by atoms with van der Waals surface area (Å²) in [6.07, 6.45) is -4.18. The number of amides is 1. The number of nitrogens with zero attached hydrogens (tertiary/aromatic N) is 1. The number of rotatable bonds is 6. The van der Waals surface area contributed by atoms with E-state index in [4.69, 9.17) is 0 Å². The molecule has 1 aliphatic rings. The van der Waals surface area contributed by atoms with Crippen molar-refractivity contribution in [2.24, 2.45) is 0 Å². The van der Waals surface area contributed by atoms with Gasteiger partial charge in [-0.1, -0.05) is 60.7 Å². The number of benzene rings is 3. The van der Waals surface area contributed by atoms with Crippen molar-refractivity contribution in [2.75, 3.05) is 4.90 Å². The number of anilines is 1. The number of ketones is 1. The van der Waals surface area contributed by atoms with Crippen LogP contribution in [0.5, 0.6) is 0 Å². The third-order valence-corrected chi connectivity index (χ3v) is 5.93. The molecule has 1 unspecified atom stereocenters. The second-order valence-electron chi connectivity index (χ2n) is 8.15. The van der Waals surface area contributed by atoms with Crippen LogP contribution in [0.2, 0.25) is 0 Å². The minimum absolute atomic E-state index is 0.0372. The molecule has 4 nitrogen and oxygen atoms in total. The Hall–Kier alpha value is -3.87. The molecule has 1 aliphatic heterocycles. The summed E-state index contributed by atoms with van der Waals surface area (Å²) >= 11 is 0. The molecule has 0 bridgehead atoms. The van der Waals surface area contributed by atoms with Crippen LogP contribution in [-0.2, 0) is 22.2 Å². The molecule has 1 atom stereocenters. The van der Waals surface area contributed by atoms with E-state index in [1.807, 2.05) is 30.3 Å². The maximum Gasteiger partial charge on any atom is 0.416 e. The van der Waals surface area contributed by atoms with Crippen LogP contribution < -0.4 is 4.90 Å². The first-order chi connectivity index (χ1) is 16.2. The number of alkyl halides is 3. The van der Waals surface area contributed by atoms with Crippen molar-refractivity contribution in [1.29, 1.82) is 0 Å². The van der Waals surface area contributed by atoms with E-state index in [1.54, 1.807) is 31.2 Å². The molecule has 1 heterocycles. The highest BCUT2D eigenvalue weighted by Crippen LogP contribution is 2.43. The summed E-state index contributed by atoms with van der Waals surface area (Å²) in [7, 11) is 0. The highest BCUT2D eigenvalue weighted by atomic mass is 19.4. The Kier molecular flexibility index (Phi) is 6.28. The molecule has 0 saturated carbocycles. The maximum atomic E-state index is 13.4. The van der Waals surface area contributed by atoms with Crippen LogP contribution in [0.1, 0.15) is 34.7 Å². The van der Waals surface area contributed by atoms with Crippen molar-refractivity contribution >= 4 is 17.4 Å². The molecule has 0 spiro atoms. The van der Waals surface area contributed by atoms with Crippen LogP contribution in [0.3, 0.4) is 0 Å². The van der Waals surface area contributed by atoms with Crippen LogP contribution >= 0.6 is 0 Å². The Morgan fingerprint density at radius 2 is 1.65 bits per heavy atom. The van der Waals surface area contributed by atoms with Crippen LogP contribution in [0.4, 0.5) is 18.9 Å². The molecule has 0 radical (unpaired) electrons. The van der Waals surface area contributed by atoms with Crippen LogP contribution in [0.25, 0.3) is 0 Å². The summed E-state index contributed by atoms with van der Waals surface area (Å²) in [5.41, 5.74) is 1.13. The molecule has 0 saturated heterocycles. The second-order valence-corrected chi connectivity index (χ2v) is 8.15. The molecule has 0 aliphatic carbocycles. The van der Waals surface area contributed by atoms with E-state index in [0.29, 0.717) is 12.0 Å². The van der Waals surface area contributed by atoms with Gasteiger partial charge in [-0.15, -0.1) is 0 Å². The zero-order valence-electron chi connectivity index (χ0n) is 18.3. The molecule has 3 aromatic rings. The molecule has 1 amide bonds. The highest BCUT2D eigenvalue weighted by molar-refractivity contribution is 6.16. The SMILES string of the molecule is Cc1ccccc1C1C(C(=O)CCc2ccccc2)=C(O)C(=O)N1c1cccc(C(F)(F)F)c1. The lowest BCUT2D eigenvalue weighted by Gasteiger charge is -2.28. The van der Waals surface area contributed by atoms with Gasteiger partial charge in [0.25, 0.3) is 5.91 Å². The number of aryl methyl sites for hydroxylation is 2. The predicted octanol–water partition coefficient (Wildman–Crippen LogP) is 6.12. The smallest absolute Gasteiger partial charge is 0.416 e. The van der Waals surface area contributed by atoms with Gasteiger partial charge in [-0.05, 0) is 48.2 Å². The van der Waals surface area contributed by atoms with Gasteiger partial charge < -0.3 is 5.11 Å². The molecule has 34 heavy (non-hydrogen) atoms. The van der Waals surface area contributed by atoms with Gasteiger partial charge in [-0.3, -0.25) is 14.5 Å². The van der Waals surface area contributed by atoms with E-state index in [2.05, 4.69) is 0 Å². The Morgan fingerprint density at radius 1 is 0.971 bits per heavy atom. The molecular weight excluding hydrogens is 443 g/mol. The summed E-state index contributed by atoms with van der Waals surface area (Å²) in [4.78, 5) is 27.5. The quantitative estimate of drug-likeness (QED) is 0.478. The lowest BCUT2D eigenvalue weighted by Crippen LogP contribution is -2.31. The predicted molar refractivity (Wildman–Crippen MR) is 122 cm³/mol. The zero-order valence-corrected chi connectivity index (χ0v) is 18.3. The number of carbonyl (C=O) groups is 2. The molecule has 7 heteroatoms. The van der Waals surface area contributed by atoms with Crippen molar-refractivity contribution in [3.63, 3.8) is 0 Å². The largest absolute Gasteiger partial charge is 0.503 e. The number of hydrogen-bond donors (Lipinski definition) is 1. The number of carbonyl (C=O) groups excluding carboxylic acids is 2. The van der Waals surface area contributed by atoms with E-state index >= 15 is 0 Å². The highest BCUT2D eigenvalue weighted by Gasteiger charge is 2.45. The zero-order chi connectivity index (χ0) is 24.5. The Bertz CT molecular complexity index is 1270. The summed E-state index contributed by atoms with van der Waals surface area (Å²) in [6, 6.07) is 19.6. The van der Waals surface area contributed by atoms with Crippen LogP contribution in [0, 0.1) is 6.92 Å². The Balaban J connectivity index is 1.77. The van der Waals surface area contributed by atoms with Gasteiger partial charge in [0.1, 0.15) is 0 Å². The van der Waals surface area contributed by atoms with Gasteiger partial charge in [0.15, 0.2) is 11.5 Å². The Labute approximate surface area is 195 Å². The Morgan fingerprint density at radius 3 is 2.32 bits per heavy atom. The van der Waals surface area contributed by atoms with Crippen molar-refractivity contribution in [1.82, 2.24) is 0 Å². The first kappa shape index (κ1) is 23.3. The van der Waals surface area contributed by atoms with E-state index < -0.39 is 35.2 Å². The monoisotopic (exact) mass is 465 g/mol. The first-order valence-corrected chi connectivity index (χ1v) is 10.7. The van der Waals surface area contributed by atoms with Gasteiger partial charge in [-0.2, -0.15) is 13.2 Å². The van der Waals surface area contributed by atoms with Gasteiger partial charge in [0.2, 0.25) is 0 Å². The fourth-order valence-electron chi connectivity index (χ4n) is 4.21. The third kappa shape index (κ3) is 4.46. The van der Waals surface area contributed by atoms with Crippen molar-refractivity contribution in [2.45, 2.75) is 32.0 Å². The maximum absolute atomic E-state index is 13.4. The topological polar surface area (TPSA) is 57.6 Å². The lowest BCUT2D eigenvalue weighted by molar-refractivity contribution is -0.137. The molecule has 3 aromatic carbocycles. The van der Waals surface area contributed by atoms with Gasteiger partial charge in [-0.25, -0.2) is 0 Å². The van der Waals surface area contributed by atoms with Gasteiger partial charge >= 0.3 is 6.18 Å². The van der Waals surface area contributed by atoms with Crippen LogP contribution in [-0.4, -0.2) is 16.8 Å². The normalized spacial score (nSPS) is 16.3. The molecule has 174 valence electrons. The fraction of sp³-hybridized carbons (Fsp3) is 0.185. The molecule has 4 rings (SSSR count). The summed E-state index contributed by atoms with van der Waals surface area (Å²) in [5, 5.41) is 10.8. The second kappa shape index (κ2) is 9.17.